The van der Waals surface area contributed by atoms with E-state index in [1.165, 1.54) is 12.7 Å². The van der Waals surface area contributed by atoms with Gasteiger partial charge in [-0.1, -0.05) is 31.5 Å². The second-order valence-corrected chi connectivity index (χ2v) is 4.65. The fourth-order valence-corrected chi connectivity index (χ4v) is 2.16. The molecule has 22 heavy (non-hydrogen) atoms. The van der Waals surface area contributed by atoms with Crippen LogP contribution in [-0.4, -0.2) is 22.6 Å². The zero-order chi connectivity index (χ0) is 16.1. The SMILES string of the molecule is CC.COC(=O)c1ccc2ncn(-c3ccc(C)cc3)c2c1. The molecule has 0 atom stereocenters. The highest BCUT2D eigenvalue weighted by molar-refractivity contribution is 5.94. The van der Waals surface area contributed by atoms with Crippen molar-refractivity contribution >= 4 is 17.0 Å². The van der Waals surface area contributed by atoms with Gasteiger partial charge in [0.2, 0.25) is 0 Å². The van der Waals surface area contributed by atoms with Gasteiger partial charge in [-0.25, -0.2) is 9.78 Å². The summed E-state index contributed by atoms with van der Waals surface area (Å²) in [5.41, 5.74) is 4.47. The maximum absolute atomic E-state index is 11.6. The van der Waals surface area contributed by atoms with E-state index in [4.69, 9.17) is 4.74 Å². The number of imidazole rings is 1. The van der Waals surface area contributed by atoms with Gasteiger partial charge < -0.3 is 4.74 Å². The van der Waals surface area contributed by atoms with E-state index in [1.54, 1.807) is 18.5 Å². The summed E-state index contributed by atoms with van der Waals surface area (Å²) in [7, 11) is 1.38. The van der Waals surface area contributed by atoms with Crippen LogP contribution in [0.2, 0.25) is 0 Å². The zero-order valence-corrected chi connectivity index (χ0v) is 13.3. The normalized spacial score (nSPS) is 10.0. The van der Waals surface area contributed by atoms with Crippen LogP contribution < -0.4 is 0 Å². The topological polar surface area (TPSA) is 44.1 Å². The van der Waals surface area contributed by atoms with Crippen molar-refractivity contribution in [2.45, 2.75) is 20.8 Å². The lowest BCUT2D eigenvalue weighted by molar-refractivity contribution is 0.0601. The van der Waals surface area contributed by atoms with E-state index in [9.17, 15) is 4.79 Å². The van der Waals surface area contributed by atoms with Gasteiger partial charge in [0.15, 0.2) is 0 Å². The summed E-state index contributed by atoms with van der Waals surface area (Å²) in [5.74, 6) is -0.344. The van der Waals surface area contributed by atoms with Crippen LogP contribution in [0.25, 0.3) is 16.7 Å². The molecular weight excluding hydrogens is 276 g/mol. The van der Waals surface area contributed by atoms with Gasteiger partial charge in [-0.05, 0) is 37.3 Å². The fraction of sp³-hybridized carbons (Fsp3) is 0.222. The number of ether oxygens (including phenoxy) is 1. The molecule has 114 valence electrons. The smallest absolute Gasteiger partial charge is 0.337 e. The fourth-order valence-electron chi connectivity index (χ4n) is 2.16. The summed E-state index contributed by atoms with van der Waals surface area (Å²) in [4.78, 5) is 16.0. The average molecular weight is 296 g/mol. The summed E-state index contributed by atoms with van der Waals surface area (Å²) in [5, 5.41) is 0. The monoisotopic (exact) mass is 296 g/mol. The number of rotatable bonds is 2. The Hall–Kier alpha value is -2.62. The lowest BCUT2D eigenvalue weighted by atomic mass is 10.2. The van der Waals surface area contributed by atoms with Crippen LogP contribution in [0.1, 0.15) is 29.8 Å². The third kappa shape index (κ3) is 3.01. The van der Waals surface area contributed by atoms with E-state index in [-0.39, 0.29) is 5.97 Å². The number of esters is 1. The van der Waals surface area contributed by atoms with E-state index in [0.29, 0.717) is 5.56 Å². The third-order valence-electron chi connectivity index (χ3n) is 3.28. The number of fused-ring (bicyclic) bond motifs is 1. The van der Waals surface area contributed by atoms with E-state index in [0.717, 1.165) is 16.7 Å². The van der Waals surface area contributed by atoms with Crippen molar-refractivity contribution in [2.75, 3.05) is 7.11 Å². The van der Waals surface area contributed by atoms with Crippen LogP contribution in [0.4, 0.5) is 0 Å². The number of carbonyl (C=O) groups excluding carboxylic acids is 1. The Morgan fingerprint density at radius 2 is 1.77 bits per heavy atom. The number of aryl methyl sites for hydroxylation is 1. The molecule has 0 aliphatic heterocycles. The number of hydrogen-bond acceptors (Lipinski definition) is 3. The first-order chi connectivity index (χ1) is 10.7. The standard InChI is InChI=1S/C16H14N2O2.C2H6/c1-11-3-6-13(7-4-11)18-10-17-14-8-5-12(9-15(14)18)16(19)20-2;1-2/h3-10H,1-2H3;1-2H3. The van der Waals surface area contributed by atoms with E-state index in [1.807, 2.05) is 55.7 Å². The van der Waals surface area contributed by atoms with E-state index >= 15 is 0 Å². The highest BCUT2D eigenvalue weighted by atomic mass is 16.5. The molecule has 1 aromatic heterocycles. The molecule has 0 spiro atoms. The number of nitrogens with zero attached hydrogens (tertiary/aromatic N) is 2. The van der Waals surface area contributed by atoms with Crippen molar-refractivity contribution in [3.63, 3.8) is 0 Å². The summed E-state index contributed by atoms with van der Waals surface area (Å²) in [6, 6.07) is 13.5. The molecule has 0 aliphatic carbocycles. The van der Waals surface area contributed by atoms with Crippen molar-refractivity contribution in [3.8, 4) is 5.69 Å². The molecular formula is C18H20N2O2. The molecule has 0 bridgehead atoms. The van der Waals surface area contributed by atoms with Gasteiger partial charge in [0.25, 0.3) is 0 Å². The van der Waals surface area contributed by atoms with Crippen molar-refractivity contribution in [3.05, 3.63) is 59.9 Å². The van der Waals surface area contributed by atoms with Crippen LogP contribution in [0.5, 0.6) is 0 Å². The largest absolute Gasteiger partial charge is 0.465 e. The molecule has 4 nitrogen and oxygen atoms in total. The van der Waals surface area contributed by atoms with Gasteiger partial charge in [0, 0.05) is 5.69 Å². The van der Waals surface area contributed by atoms with Gasteiger partial charge in [-0.15, -0.1) is 0 Å². The highest BCUT2D eigenvalue weighted by Gasteiger charge is 2.10. The van der Waals surface area contributed by atoms with Gasteiger partial charge in [0.1, 0.15) is 6.33 Å². The minimum Gasteiger partial charge on any atom is -0.465 e. The molecule has 0 unspecified atom stereocenters. The molecule has 1 heterocycles. The first-order valence-corrected chi connectivity index (χ1v) is 7.31. The number of hydrogen-bond donors (Lipinski definition) is 0. The molecule has 0 amide bonds. The molecule has 0 N–H and O–H groups in total. The Balaban J connectivity index is 0.000000847. The second kappa shape index (κ2) is 6.89. The summed E-state index contributed by atoms with van der Waals surface area (Å²) in [6.45, 7) is 6.05. The molecule has 0 saturated carbocycles. The van der Waals surface area contributed by atoms with Crippen molar-refractivity contribution in [1.82, 2.24) is 9.55 Å². The Bertz CT molecular complexity index is 773. The van der Waals surface area contributed by atoms with Gasteiger partial charge in [-0.3, -0.25) is 4.57 Å². The van der Waals surface area contributed by atoms with Crippen molar-refractivity contribution in [1.29, 1.82) is 0 Å². The Labute approximate surface area is 130 Å². The summed E-state index contributed by atoms with van der Waals surface area (Å²) >= 11 is 0. The van der Waals surface area contributed by atoms with Gasteiger partial charge in [0.05, 0.1) is 23.7 Å². The predicted octanol–water partition coefficient (Wildman–Crippen LogP) is 4.15. The number of carbonyl (C=O) groups is 1. The highest BCUT2D eigenvalue weighted by Crippen LogP contribution is 2.20. The van der Waals surface area contributed by atoms with Gasteiger partial charge in [-0.2, -0.15) is 0 Å². The first kappa shape index (κ1) is 15.8. The Morgan fingerprint density at radius 1 is 1.09 bits per heavy atom. The molecule has 3 rings (SSSR count). The Kier molecular flexibility index (Phi) is 4.94. The lowest BCUT2D eigenvalue weighted by Gasteiger charge is -2.05. The van der Waals surface area contributed by atoms with Crippen LogP contribution >= 0.6 is 0 Å². The lowest BCUT2D eigenvalue weighted by Crippen LogP contribution is -2.01. The van der Waals surface area contributed by atoms with Crippen LogP contribution in [0.3, 0.4) is 0 Å². The van der Waals surface area contributed by atoms with E-state index < -0.39 is 0 Å². The second-order valence-electron chi connectivity index (χ2n) is 4.65. The molecule has 4 heteroatoms. The molecule has 0 radical (unpaired) electrons. The van der Waals surface area contributed by atoms with Crippen LogP contribution in [-0.2, 0) is 4.74 Å². The Morgan fingerprint density at radius 3 is 2.41 bits per heavy atom. The molecule has 3 aromatic rings. The predicted molar refractivity (Wildman–Crippen MR) is 88.5 cm³/mol. The quantitative estimate of drug-likeness (QED) is 0.667. The molecule has 0 fully saturated rings. The van der Waals surface area contributed by atoms with Gasteiger partial charge >= 0.3 is 5.97 Å². The molecule has 2 aromatic carbocycles. The summed E-state index contributed by atoms with van der Waals surface area (Å²) in [6.07, 6.45) is 1.76. The number of aromatic nitrogens is 2. The third-order valence-corrected chi connectivity index (χ3v) is 3.28. The minimum absolute atomic E-state index is 0.344. The maximum atomic E-state index is 11.6. The zero-order valence-electron chi connectivity index (χ0n) is 13.3. The maximum Gasteiger partial charge on any atom is 0.337 e. The molecule has 0 aliphatic rings. The number of benzene rings is 2. The van der Waals surface area contributed by atoms with Crippen LogP contribution in [0.15, 0.2) is 48.8 Å². The van der Waals surface area contributed by atoms with Crippen LogP contribution in [0, 0.1) is 6.92 Å². The average Bonchev–Trinajstić information content (AvgIpc) is 3.00. The molecule has 0 saturated heterocycles. The van der Waals surface area contributed by atoms with Crippen molar-refractivity contribution in [2.24, 2.45) is 0 Å². The first-order valence-electron chi connectivity index (χ1n) is 7.31. The summed E-state index contributed by atoms with van der Waals surface area (Å²) < 4.78 is 6.71. The number of methoxy groups -OCH3 is 1. The minimum atomic E-state index is -0.344. The van der Waals surface area contributed by atoms with Crippen molar-refractivity contribution < 1.29 is 9.53 Å². The van der Waals surface area contributed by atoms with E-state index in [2.05, 4.69) is 4.98 Å².